The standard InChI is InChI=1S/C13H12F4N4O/c14-10-7-8(1-2-9(10)13(15,16)17)11-18-12(20-19-11)21-3-5-22-6-4-21/h1-2,7H,3-6H2,(H,18,19,20). The molecule has 0 saturated carbocycles. The number of aromatic amines is 1. The molecule has 1 saturated heterocycles. The third-order valence-electron chi connectivity index (χ3n) is 3.32. The molecule has 1 aromatic carbocycles. The van der Waals surface area contributed by atoms with Crippen LogP contribution in [0.4, 0.5) is 23.5 Å². The van der Waals surface area contributed by atoms with E-state index < -0.39 is 17.6 Å². The molecule has 2 heterocycles. The lowest BCUT2D eigenvalue weighted by Gasteiger charge is -2.25. The molecule has 0 unspecified atom stereocenters. The van der Waals surface area contributed by atoms with E-state index in [9.17, 15) is 17.6 Å². The van der Waals surface area contributed by atoms with Gasteiger partial charge in [-0.1, -0.05) is 6.07 Å². The summed E-state index contributed by atoms with van der Waals surface area (Å²) in [6.07, 6.45) is -4.72. The Balaban J connectivity index is 1.85. The first-order valence-corrected chi connectivity index (χ1v) is 6.57. The molecule has 1 N–H and O–H groups in total. The molecule has 22 heavy (non-hydrogen) atoms. The highest BCUT2D eigenvalue weighted by atomic mass is 19.4. The number of hydrogen-bond acceptors (Lipinski definition) is 4. The summed E-state index contributed by atoms with van der Waals surface area (Å²) in [7, 11) is 0. The largest absolute Gasteiger partial charge is 0.419 e. The van der Waals surface area contributed by atoms with Gasteiger partial charge in [-0.3, -0.25) is 5.10 Å². The van der Waals surface area contributed by atoms with Gasteiger partial charge in [0.15, 0.2) is 5.82 Å². The lowest BCUT2D eigenvalue weighted by atomic mass is 10.1. The first-order valence-electron chi connectivity index (χ1n) is 6.57. The van der Waals surface area contributed by atoms with Gasteiger partial charge >= 0.3 is 6.18 Å². The van der Waals surface area contributed by atoms with E-state index in [1.165, 1.54) is 0 Å². The lowest BCUT2D eigenvalue weighted by molar-refractivity contribution is -0.139. The van der Waals surface area contributed by atoms with E-state index in [1.54, 1.807) is 0 Å². The zero-order valence-electron chi connectivity index (χ0n) is 11.3. The maximum atomic E-state index is 13.6. The Morgan fingerprint density at radius 3 is 2.55 bits per heavy atom. The van der Waals surface area contributed by atoms with Crippen molar-refractivity contribution in [3.8, 4) is 11.4 Å². The maximum absolute atomic E-state index is 13.6. The Morgan fingerprint density at radius 1 is 1.18 bits per heavy atom. The second-order valence-electron chi connectivity index (χ2n) is 4.78. The number of nitrogens with zero attached hydrogens (tertiary/aromatic N) is 3. The van der Waals surface area contributed by atoms with Gasteiger partial charge in [0.2, 0.25) is 5.95 Å². The number of alkyl halides is 3. The van der Waals surface area contributed by atoms with Crippen LogP contribution in [0.5, 0.6) is 0 Å². The highest BCUT2D eigenvalue weighted by molar-refractivity contribution is 5.57. The minimum Gasteiger partial charge on any atom is -0.378 e. The number of aromatic nitrogens is 3. The predicted octanol–water partition coefficient (Wildman–Crippen LogP) is 2.47. The fourth-order valence-electron chi connectivity index (χ4n) is 2.18. The molecule has 2 aromatic rings. The minimum absolute atomic E-state index is 0.206. The summed E-state index contributed by atoms with van der Waals surface area (Å²) in [5, 5.41) is 6.62. The van der Waals surface area contributed by atoms with Crippen LogP contribution in [-0.4, -0.2) is 41.5 Å². The number of rotatable bonds is 2. The van der Waals surface area contributed by atoms with Crippen molar-refractivity contribution in [2.75, 3.05) is 31.2 Å². The van der Waals surface area contributed by atoms with Gasteiger partial charge in [0.1, 0.15) is 5.82 Å². The summed E-state index contributed by atoms with van der Waals surface area (Å²) in [5.74, 6) is -0.706. The molecule has 0 radical (unpaired) electrons. The molecule has 0 amide bonds. The molecule has 1 fully saturated rings. The van der Waals surface area contributed by atoms with Gasteiger partial charge in [0.05, 0.1) is 18.8 Å². The average Bonchev–Trinajstić information content (AvgIpc) is 2.96. The van der Waals surface area contributed by atoms with Crippen molar-refractivity contribution in [2.45, 2.75) is 6.18 Å². The van der Waals surface area contributed by atoms with E-state index in [-0.39, 0.29) is 11.4 Å². The van der Waals surface area contributed by atoms with Crippen molar-refractivity contribution >= 4 is 5.95 Å². The zero-order valence-corrected chi connectivity index (χ0v) is 11.3. The Morgan fingerprint density at radius 2 is 1.91 bits per heavy atom. The fourth-order valence-corrected chi connectivity index (χ4v) is 2.18. The molecule has 3 rings (SSSR count). The van der Waals surface area contributed by atoms with E-state index in [0.717, 1.165) is 12.1 Å². The van der Waals surface area contributed by atoms with Crippen molar-refractivity contribution < 1.29 is 22.3 Å². The smallest absolute Gasteiger partial charge is 0.378 e. The number of H-pyrrole nitrogens is 1. The lowest BCUT2D eigenvalue weighted by Crippen LogP contribution is -2.36. The average molecular weight is 316 g/mol. The van der Waals surface area contributed by atoms with Gasteiger partial charge in [-0.2, -0.15) is 18.2 Å². The van der Waals surface area contributed by atoms with Gasteiger partial charge in [-0.05, 0) is 12.1 Å². The van der Waals surface area contributed by atoms with Crippen LogP contribution in [0.25, 0.3) is 11.4 Å². The Bertz CT molecular complexity index is 664. The van der Waals surface area contributed by atoms with Crippen LogP contribution in [0.15, 0.2) is 18.2 Å². The molecule has 0 bridgehead atoms. The summed E-state index contributed by atoms with van der Waals surface area (Å²) in [5.41, 5.74) is -1.10. The number of anilines is 1. The van der Waals surface area contributed by atoms with Crippen molar-refractivity contribution in [1.82, 2.24) is 15.2 Å². The van der Waals surface area contributed by atoms with E-state index in [4.69, 9.17) is 4.74 Å². The zero-order chi connectivity index (χ0) is 15.7. The number of morpholine rings is 1. The summed E-state index contributed by atoms with van der Waals surface area (Å²) in [4.78, 5) is 6.07. The number of ether oxygens (including phenoxy) is 1. The van der Waals surface area contributed by atoms with Gasteiger partial charge in [-0.25, -0.2) is 4.39 Å². The summed E-state index contributed by atoms with van der Waals surface area (Å²) in [6, 6.07) is 2.66. The molecule has 0 aliphatic carbocycles. The van der Waals surface area contributed by atoms with Crippen molar-refractivity contribution in [3.05, 3.63) is 29.6 Å². The number of hydrogen-bond donors (Lipinski definition) is 1. The Kier molecular flexibility index (Phi) is 3.73. The SMILES string of the molecule is Fc1cc(-c2nc(N3CCOCC3)n[nH]2)ccc1C(F)(F)F. The maximum Gasteiger partial charge on any atom is 0.419 e. The molecule has 1 aromatic heterocycles. The molecule has 1 aliphatic heterocycles. The first kappa shape index (κ1) is 14.8. The minimum atomic E-state index is -4.72. The molecular formula is C13H12F4N4O. The number of nitrogens with one attached hydrogen (secondary N) is 1. The third-order valence-corrected chi connectivity index (χ3v) is 3.32. The van der Waals surface area contributed by atoms with Crippen LogP contribution in [0, 0.1) is 5.82 Å². The van der Waals surface area contributed by atoms with Crippen LogP contribution >= 0.6 is 0 Å². The fraction of sp³-hybridized carbons (Fsp3) is 0.385. The highest BCUT2D eigenvalue weighted by Crippen LogP contribution is 2.33. The van der Waals surface area contributed by atoms with E-state index in [2.05, 4.69) is 15.2 Å². The molecular weight excluding hydrogens is 304 g/mol. The second-order valence-corrected chi connectivity index (χ2v) is 4.78. The number of halogens is 4. The van der Waals surface area contributed by atoms with Crippen LogP contribution in [0.2, 0.25) is 0 Å². The second kappa shape index (κ2) is 5.56. The van der Waals surface area contributed by atoms with E-state index in [0.29, 0.717) is 38.3 Å². The van der Waals surface area contributed by atoms with Crippen LogP contribution in [0.3, 0.4) is 0 Å². The van der Waals surface area contributed by atoms with Crippen molar-refractivity contribution in [1.29, 1.82) is 0 Å². The first-order chi connectivity index (χ1) is 10.4. The van der Waals surface area contributed by atoms with Gasteiger partial charge < -0.3 is 9.64 Å². The molecule has 118 valence electrons. The summed E-state index contributed by atoms with van der Waals surface area (Å²) >= 11 is 0. The van der Waals surface area contributed by atoms with Gasteiger partial charge in [0, 0.05) is 18.7 Å². The summed E-state index contributed by atoms with van der Waals surface area (Å²) in [6.45, 7) is 2.36. The normalized spacial score (nSPS) is 16.1. The van der Waals surface area contributed by atoms with E-state index in [1.807, 2.05) is 4.90 Å². The summed E-state index contributed by atoms with van der Waals surface area (Å²) < 4.78 is 56.4. The van der Waals surface area contributed by atoms with Crippen LogP contribution in [0.1, 0.15) is 5.56 Å². The van der Waals surface area contributed by atoms with Gasteiger partial charge in [-0.15, -0.1) is 5.10 Å². The predicted molar refractivity (Wildman–Crippen MR) is 69.8 cm³/mol. The molecule has 5 nitrogen and oxygen atoms in total. The molecule has 0 atom stereocenters. The topological polar surface area (TPSA) is 54.0 Å². The van der Waals surface area contributed by atoms with Gasteiger partial charge in [0.25, 0.3) is 0 Å². The quantitative estimate of drug-likeness (QED) is 0.865. The van der Waals surface area contributed by atoms with Crippen LogP contribution < -0.4 is 4.90 Å². The Labute approximate surface area is 122 Å². The van der Waals surface area contributed by atoms with Crippen LogP contribution in [-0.2, 0) is 10.9 Å². The third kappa shape index (κ3) is 2.89. The van der Waals surface area contributed by atoms with Crippen molar-refractivity contribution in [3.63, 3.8) is 0 Å². The number of benzene rings is 1. The van der Waals surface area contributed by atoms with Crippen molar-refractivity contribution in [2.24, 2.45) is 0 Å². The Hall–Kier alpha value is -2.16. The van der Waals surface area contributed by atoms with E-state index >= 15 is 0 Å². The highest BCUT2D eigenvalue weighted by Gasteiger charge is 2.34. The monoisotopic (exact) mass is 316 g/mol. The molecule has 1 aliphatic rings. The molecule has 9 heteroatoms. The molecule has 0 spiro atoms.